The number of halogens is 8. The van der Waals surface area contributed by atoms with Crippen molar-refractivity contribution in [3.8, 4) is 62.7 Å². The monoisotopic (exact) mass is 726 g/mol. The van der Waals surface area contributed by atoms with E-state index >= 15 is 17.6 Å². The number of fused-ring (bicyclic) bond motifs is 6. The number of nitrogens with zero attached hydrogens (tertiary/aromatic N) is 6. The Balaban J connectivity index is 1.66. The lowest BCUT2D eigenvalue weighted by Crippen LogP contribution is -2.25. The Morgan fingerprint density at radius 3 is 1.22 bits per heavy atom. The first-order chi connectivity index (χ1) is 25.9. The third-order valence-electron chi connectivity index (χ3n) is 9.48. The van der Waals surface area contributed by atoms with Crippen LogP contribution in [0, 0.1) is 100 Å². The largest absolute Gasteiger partial charge is 0.270 e. The van der Waals surface area contributed by atoms with E-state index in [2.05, 4.69) is 14.5 Å². The molecule has 7 rings (SSSR count). The van der Waals surface area contributed by atoms with Crippen LogP contribution in [-0.2, 0) is 12.8 Å². The molecule has 0 N–H and O–H groups in total. The number of benzene rings is 5. The van der Waals surface area contributed by atoms with Crippen LogP contribution >= 0.6 is 0 Å². The van der Waals surface area contributed by atoms with Crippen LogP contribution in [0.25, 0.3) is 70.4 Å². The highest BCUT2D eigenvalue weighted by Gasteiger charge is 2.37. The van der Waals surface area contributed by atoms with Gasteiger partial charge in [-0.25, -0.2) is 60.2 Å². The number of hydrogen-bond acceptors (Lipinski definition) is 3. The van der Waals surface area contributed by atoms with Gasteiger partial charge in [-0.05, 0) is 73.7 Å². The Morgan fingerprint density at radius 1 is 0.500 bits per heavy atom. The zero-order valence-electron chi connectivity index (χ0n) is 26.6. The van der Waals surface area contributed by atoms with Crippen molar-refractivity contribution in [3.05, 3.63) is 155 Å². The Bertz CT molecular complexity index is 2800. The molecule has 0 saturated carbocycles. The molecule has 6 nitrogen and oxygen atoms in total. The first-order valence-corrected chi connectivity index (χ1v) is 15.2. The lowest BCUT2D eigenvalue weighted by molar-refractivity contribution is 0.454. The van der Waals surface area contributed by atoms with Gasteiger partial charge in [0.1, 0.15) is 11.6 Å². The van der Waals surface area contributed by atoms with Gasteiger partial charge in [0.2, 0.25) is 0 Å². The first-order valence-electron chi connectivity index (χ1n) is 15.2. The predicted octanol–water partition coefficient (Wildman–Crippen LogP) is 8.80. The molecule has 0 aromatic heterocycles. The van der Waals surface area contributed by atoms with Gasteiger partial charge in [-0.3, -0.25) is 0 Å². The van der Waals surface area contributed by atoms with E-state index in [4.69, 9.17) is 25.0 Å². The van der Waals surface area contributed by atoms with Crippen LogP contribution in [0.1, 0.15) is 27.8 Å². The first kappa shape index (κ1) is 34.7. The predicted molar refractivity (Wildman–Crippen MR) is 175 cm³/mol. The average Bonchev–Trinajstić information content (AvgIpc) is 3.75. The third kappa shape index (κ3) is 4.45. The molecular formula is C40H10F8N6. The van der Waals surface area contributed by atoms with Crippen LogP contribution < -0.4 is 10.4 Å². The van der Waals surface area contributed by atoms with Gasteiger partial charge in [-0.1, -0.05) is 36.4 Å². The van der Waals surface area contributed by atoms with E-state index in [0.717, 1.165) is 18.2 Å². The highest BCUT2D eigenvalue weighted by atomic mass is 19.2. The van der Waals surface area contributed by atoms with Gasteiger partial charge in [-0.15, -0.1) is 0 Å². The van der Waals surface area contributed by atoms with Crippen LogP contribution in [0.5, 0.6) is 0 Å². The summed E-state index contributed by atoms with van der Waals surface area (Å²) in [4.78, 5) is 9.26. The molecule has 0 fully saturated rings. The zero-order valence-corrected chi connectivity index (χ0v) is 26.6. The molecule has 5 aromatic carbocycles. The molecule has 0 heterocycles. The fourth-order valence-corrected chi connectivity index (χ4v) is 7.37. The van der Waals surface area contributed by atoms with E-state index in [-0.39, 0.29) is 72.5 Å². The number of hydrogen-bond donors (Lipinski definition) is 0. The quantitative estimate of drug-likeness (QED) is 0.101. The summed E-state index contributed by atoms with van der Waals surface area (Å²) in [5.41, 5.74) is -6.86. The van der Waals surface area contributed by atoms with Crippen LogP contribution in [0.15, 0.2) is 36.4 Å². The van der Waals surface area contributed by atoms with Crippen molar-refractivity contribution < 1.29 is 35.1 Å². The highest BCUT2D eigenvalue weighted by molar-refractivity contribution is 5.97. The van der Waals surface area contributed by atoms with Crippen LogP contribution in [-0.4, -0.2) is 0 Å². The molecular weight excluding hydrogens is 716 g/mol. The second kappa shape index (κ2) is 12.5. The van der Waals surface area contributed by atoms with Crippen molar-refractivity contribution in [3.63, 3.8) is 0 Å². The fraction of sp³-hybridized carbons (Fsp3) is 0.0500. The van der Waals surface area contributed by atoms with Crippen molar-refractivity contribution in [2.24, 2.45) is 0 Å². The normalized spacial score (nSPS) is 12.8. The summed E-state index contributed by atoms with van der Waals surface area (Å²) >= 11 is 0. The summed E-state index contributed by atoms with van der Waals surface area (Å²) in [6.07, 6.45) is -0.782. The highest BCUT2D eigenvalue weighted by Crippen LogP contribution is 2.47. The fourth-order valence-electron chi connectivity index (χ4n) is 7.37. The van der Waals surface area contributed by atoms with Gasteiger partial charge in [0.15, 0.2) is 46.5 Å². The Morgan fingerprint density at radius 2 is 0.870 bits per heavy atom. The molecule has 0 atom stereocenters. The molecule has 5 aromatic rings. The molecule has 0 aliphatic heterocycles. The summed E-state index contributed by atoms with van der Waals surface area (Å²) in [5, 5.41) is 29.3. The van der Waals surface area contributed by atoms with Gasteiger partial charge in [0, 0.05) is 5.22 Å². The average molecular weight is 727 g/mol. The van der Waals surface area contributed by atoms with Crippen molar-refractivity contribution in [1.82, 2.24) is 0 Å². The molecule has 0 amide bonds. The molecule has 0 spiro atoms. The van der Waals surface area contributed by atoms with E-state index in [0.29, 0.717) is 0 Å². The van der Waals surface area contributed by atoms with Gasteiger partial charge in [0.05, 0.1) is 43.0 Å². The standard InChI is InChI=1S/C40H10F8N6/c1-52-24(13-50)26-21-10-19-15(6-4-8-17(19)29-34(43)32(41)23(12-49)33(42)35(29)44)27(21)31(25(14-51)53-2)28-16-7-5-9-18(20(16)11-22(26)28)30-36(45)38(47)40(54-3)39(48)37(30)46/h4-9H,10-11H2/b26-24-,31-25-. The SMILES string of the molecule is [C-]#[N+]/C(C#N)=c1/c2c(/c(=C(\C#N)[N+]#[C-])c3c1Cc1c(-c4c(F)c(F)c([N+]#[C-])c(F)c4F)cccc1-3)-c1cccc(-c3c(F)c(F)c(C#N)c(F)c3F)c1C2. The maximum absolute atomic E-state index is 15.5. The maximum atomic E-state index is 15.5. The smallest absolute Gasteiger partial charge is 0.232 e. The van der Waals surface area contributed by atoms with Crippen molar-refractivity contribution in [2.75, 3.05) is 0 Å². The second-order valence-corrected chi connectivity index (χ2v) is 11.8. The van der Waals surface area contributed by atoms with Gasteiger partial charge in [0.25, 0.3) is 17.1 Å². The van der Waals surface area contributed by atoms with E-state index in [9.17, 15) is 28.1 Å². The Labute approximate surface area is 298 Å². The maximum Gasteiger partial charge on any atom is 0.270 e. The third-order valence-corrected chi connectivity index (χ3v) is 9.48. The molecule has 54 heavy (non-hydrogen) atoms. The van der Waals surface area contributed by atoms with Gasteiger partial charge < -0.3 is 0 Å². The topological polar surface area (TPSA) is 84.4 Å². The van der Waals surface area contributed by atoms with Crippen LogP contribution in [0.2, 0.25) is 0 Å². The summed E-state index contributed by atoms with van der Waals surface area (Å²) in [6.45, 7) is 22.7. The second-order valence-electron chi connectivity index (χ2n) is 11.8. The summed E-state index contributed by atoms with van der Waals surface area (Å²) < 4.78 is 121. The van der Waals surface area contributed by atoms with Gasteiger partial charge in [-0.2, -0.15) is 5.26 Å². The lowest BCUT2D eigenvalue weighted by Gasteiger charge is -2.14. The van der Waals surface area contributed by atoms with Gasteiger partial charge >= 0.3 is 0 Å². The Hall–Kier alpha value is -7.78. The lowest BCUT2D eigenvalue weighted by atomic mass is 9.90. The molecule has 0 radical (unpaired) electrons. The number of rotatable bonds is 2. The summed E-state index contributed by atoms with van der Waals surface area (Å²) in [6, 6.07) is 12.2. The van der Waals surface area contributed by atoms with Crippen molar-refractivity contribution in [2.45, 2.75) is 12.8 Å². The number of nitriles is 3. The van der Waals surface area contributed by atoms with Crippen LogP contribution in [0.3, 0.4) is 0 Å². The van der Waals surface area contributed by atoms with E-state index in [1.807, 2.05) is 0 Å². The minimum atomic E-state index is -1.95. The van der Waals surface area contributed by atoms with E-state index < -0.39 is 86.7 Å². The molecule has 0 unspecified atom stereocenters. The minimum absolute atomic E-state index is 0.00786. The molecule has 14 heteroatoms. The minimum Gasteiger partial charge on any atom is -0.232 e. The van der Waals surface area contributed by atoms with Crippen molar-refractivity contribution in [1.29, 1.82) is 15.8 Å². The molecule has 0 bridgehead atoms. The summed E-state index contributed by atoms with van der Waals surface area (Å²) in [5.74, 6) is -15.3. The van der Waals surface area contributed by atoms with Crippen LogP contribution in [0.4, 0.5) is 40.8 Å². The molecule has 2 aliphatic rings. The van der Waals surface area contributed by atoms with E-state index in [1.165, 1.54) is 24.3 Å². The van der Waals surface area contributed by atoms with Crippen molar-refractivity contribution >= 4 is 17.1 Å². The molecule has 256 valence electrons. The molecule has 2 aliphatic carbocycles. The summed E-state index contributed by atoms with van der Waals surface area (Å²) in [7, 11) is 0. The Kier molecular flexibility index (Phi) is 8.00. The van der Waals surface area contributed by atoms with E-state index in [1.54, 1.807) is 12.1 Å². The zero-order chi connectivity index (χ0) is 38.9. The molecule has 0 saturated heterocycles.